The lowest BCUT2D eigenvalue weighted by Gasteiger charge is -2.29. The average molecular weight is 312 g/mol. The van der Waals surface area contributed by atoms with Gasteiger partial charge in [0.25, 0.3) is 0 Å². The van der Waals surface area contributed by atoms with Gasteiger partial charge in [0.1, 0.15) is 11.9 Å². The van der Waals surface area contributed by atoms with Gasteiger partial charge in [-0.05, 0) is 52.6 Å². The van der Waals surface area contributed by atoms with Gasteiger partial charge in [-0.15, -0.1) is 0 Å². The summed E-state index contributed by atoms with van der Waals surface area (Å²) in [6, 6.07) is 9.87. The second-order valence-electron chi connectivity index (χ2n) is 6.19. The van der Waals surface area contributed by atoms with Gasteiger partial charge < -0.3 is 10.2 Å². The molecule has 23 heavy (non-hydrogen) atoms. The highest BCUT2D eigenvalue weighted by Gasteiger charge is 2.28. The summed E-state index contributed by atoms with van der Waals surface area (Å²) < 4.78 is 0. The molecule has 1 aliphatic rings. The summed E-state index contributed by atoms with van der Waals surface area (Å²) in [6.45, 7) is 10.5. The molecule has 2 aromatic carbocycles. The monoisotopic (exact) mass is 312 g/mol. The summed E-state index contributed by atoms with van der Waals surface area (Å²) in [6.07, 6.45) is 1.01. The Bertz CT molecular complexity index is 686. The van der Waals surface area contributed by atoms with Crippen LogP contribution in [-0.2, 0) is 12.8 Å². The SMILES string of the molecule is CC.CCc1cc(C(C)C)c2c(c1)C(O)c1c(O)cccc1C2. The highest BCUT2D eigenvalue weighted by Crippen LogP contribution is 2.42. The molecule has 2 N–H and O–H groups in total. The topological polar surface area (TPSA) is 40.5 Å². The Hall–Kier alpha value is -1.80. The van der Waals surface area contributed by atoms with Crippen LogP contribution >= 0.6 is 0 Å². The molecule has 3 rings (SSSR count). The molecule has 0 saturated carbocycles. The molecular weight excluding hydrogens is 284 g/mol. The predicted octanol–water partition coefficient (Wildman–Crippen LogP) is 5.09. The Kier molecular flexibility index (Phi) is 5.48. The molecule has 1 aliphatic carbocycles. The van der Waals surface area contributed by atoms with Crippen LogP contribution in [0.1, 0.15) is 80.0 Å². The number of aromatic hydroxyl groups is 1. The van der Waals surface area contributed by atoms with Gasteiger partial charge in [0.05, 0.1) is 0 Å². The minimum absolute atomic E-state index is 0.193. The number of rotatable bonds is 2. The maximum Gasteiger partial charge on any atom is 0.122 e. The fourth-order valence-electron chi connectivity index (χ4n) is 3.36. The molecule has 0 aromatic heterocycles. The van der Waals surface area contributed by atoms with Crippen LogP contribution in [0, 0.1) is 0 Å². The van der Waals surface area contributed by atoms with Crippen molar-refractivity contribution < 1.29 is 10.2 Å². The van der Waals surface area contributed by atoms with Crippen LogP contribution in [-0.4, -0.2) is 10.2 Å². The third kappa shape index (κ3) is 3.13. The fraction of sp³-hybridized carbons (Fsp3) is 0.429. The molecule has 124 valence electrons. The van der Waals surface area contributed by atoms with E-state index in [9.17, 15) is 10.2 Å². The zero-order valence-corrected chi connectivity index (χ0v) is 14.9. The summed E-state index contributed by atoms with van der Waals surface area (Å²) in [5.41, 5.74) is 6.46. The van der Waals surface area contributed by atoms with Gasteiger partial charge in [0.2, 0.25) is 0 Å². The Morgan fingerprint density at radius 2 is 1.87 bits per heavy atom. The van der Waals surface area contributed by atoms with Crippen LogP contribution in [0.25, 0.3) is 0 Å². The molecule has 2 nitrogen and oxygen atoms in total. The zero-order chi connectivity index (χ0) is 17.1. The largest absolute Gasteiger partial charge is 0.508 e. The van der Waals surface area contributed by atoms with E-state index in [1.807, 2.05) is 26.0 Å². The second kappa shape index (κ2) is 7.18. The molecule has 0 heterocycles. The van der Waals surface area contributed by atoms with Crippen LogP contribution < -0.4 is 0 Å². The van der Waals surface area contributed by atoms with E-state index in [4.69, 9.17) is 0 Å². The van der Waals surface area contributed by atoms with Gasteiger partial charge in [0, 0.05) is 5.56 Å². The number of phenols is 1. The van der Waals surface area contributed by atoms with Crippen LogP contribution in [0.3, 0.4) is 0 Å². The molecule has 1 atom stereocenters. The zero-order valence-electron chi connectivity index (χ0n) is 14.9. The quantitative estimate of drug-likeness (QED) is 0.811. The van der Waals surface area contributed by atoms with Crippen LogP contribution in [0.2, 0.25) is 0 Å². The third-order valence-electron chi connectivity index (χ3n) is 4.52. The summed E-state index contributed by atoms with van der Waals surface area (Å²) in [5.74, 6) is 0.620. The maximum absolute atomic E-state index is 10.8. The summed E-state index contributed by atoms with van der Waals surface area (Å²) in [5, 5.41) is 20.9. The molecule has 1 unspecified atom stereocenters. The molecule has 0 fully saturated rings. The smallest absolute Gasteiger partial charge is 0.122 e. The minimum Gasteiger partial charge on any atom is -0.508 e. The number of phenolic OH excluding ortho intramolecular Hbond substituents is 1. The molecular formula is C21H28O2. The number of aliphatic hydroxyl groups is 1. The van der Waals surface area contributed by atoms with E-state index in [1.54, 1.807) is 6.07 Å². The fourth-order valence-corrected chi connectivity index (χ4v) is 3.36. The van der Waals surface area contributed by atoms with Crippen molar-refractivity contribution in [1.29, 1.82) is 0 Å². The molecule has 0 spiro atoms. The first kappa shape index (κ1) is 17.6. The van der Waals surface area contributed by atoms with E-state index in [1.165, 1.54) is 16.7 Å². The Labute approximate surface area is 139 Å². The lowest BCUT2D eigenvalue weighted by molar-refractivity contribution is 0.210. The van der Waals surface area contributed by atoms with Gasteiger partial charge in [-0.1, -0.05) is 58.9 Å². The first-order valence-corrected chi connectivity index (χ1v) is 8.67. The van der Waals surface area contributed by atoms with E-state index in [0.717, 1.165) is 24.0 Å². The molecule has 2 heteroatoms. The first-order valence-electron chi connectivity index (χ1n) is 8.67. The lowest BCUT2D eigenvalue weighted by atomic mass is 9.78. The maximum atomic E-state index is 10.8. The van der Waals surface area contributed by atoms with Gasteiger partial charge >= 0.3 is 0 Å². The van der Waals surface area contributed by atoms with Crippen molar-refractivity contribution in [1.82, 2.24) is 0 Å². The standard InChI is InChI=1S/C19H22O2.C2H6/c1-4-12-8-14(11(2)3)15-10-13-6-5-7-17(20)18(13)19(21)16(15)9-12;1-2/h5-9,11,19-21H,4,10H2,1-3H3;1-2H3. The predicted molar refractivity (Wildman–Crippen MR) is 96.2 cm³/mol. The van der Waals surface area contributed by atoms with Crippen molar-refractivity contribution in [2.45, 2.75) is 59.5 Å². The molecule has 0 aliphatic heterocycles. The van der Waals surface area contributed by atoms with Crippen molar-refractivity contribution in [3.8, 4) is 5.75 Å². The number of aryl methyl sites for hydroxylation is 1. The average Bonchev–Trinajstić information content (AvgIpc) is 2.56. The van der Waals surface area contributed by atoms with Gasteiger partial charge in [-0.2, -0.15) is 0 Å². The van der Waals surface area contributed by atoms with Crippen molar-refractivity contribution >= 4 is 0 Å². The van der Waals surface area contributed by atoms with E-state index in [0.29, 0.717) is 11.5 Å². The number of benzene rings is 2. The van der Waals surface area contributed by atoms with Crippen molar-refractivity contribution in [3.63, 3.8) is 0 Å². The van der Waals surface area contributed by atoms with E-state index >= 15 is 0 Å². The number of fused-ring (bicyclic) bond motifs is 2. The lowest BCUT2D eigenvalue weighted by Crippen LogP contribution is -2.16. The summed E-state index contributed by atoms with van der Waals surface area (Å²) in [4.78, 5) is 0. The molecule has 0 bridgehead atoms. The highest BCUT2D eigenvalue weighted by molar-refractivity contribution is 5.56. The van der Waals surface area contributed by atoms with Gasteiger partial charge in [-0.3, -0.25) is 0 Å². The Morgan fingerprint density at radius 3 is 2.48 bits per heavy atom. The minimum atomic E-state index is -0.728. The number of aliphatic hydroxyl groups excluding tert-OH is 1. The van der Waals surface area contributed by atoms with E-state index in [-0.39, 0.29) is 5.75 Å². The van der Waals surface area contributed by atoms with Crippen molar-refractivity contribution in [2.75, 3.05) is 0 Å². The molecule has 0 saturated heterocycles. The van der Waals surface area contributed by atoms with Crippen LogP contribution in [0.4, 0.5) is 0 Å². The Balaban J connectivity index is 0.000000924. The second-order valence-corrected chi connectivity index (χ2v) is 6.19. The molecule has 2 aromatic rings. The normalized spacial score (nSPS) is 15.5. The number of hydrogen-bond acceptors (Lipinski definition) is 2. The van der Waals surface area contributed by atoms with Crippen molar-refractivity contribution in [3.05, 3.63) is 63.7 Å². The summed E-state index contributed by atoms with van der Waals surface area (Å²) in [7, 11) is 0. The van der Waals surface area contributed by atoms with E-state index < -0.39 is 6.10 Å². The van der Waals surface area contributed by atoms with E-state index in [2.05, 4.69) is 32.9 Å². The van der Waals surface area contributed by atoms with Crippen molar-refractivity contribution in [2.24, 2.45) is 0 Å². The molecule has 0 amide bonds. The van der Waals surface area contributed by atoms with Crippen LogP contribution in [0.5, 0.6) is 5.75 Å². The van der Waals surface area contributed by atoms with Crippen LogP contribution in [0.15, 0.2) is 30.3 Å². The van der Waals surface area contributed by atoms with Gasteiger partial charge in [0.15, 0.2) is 0 Å². The molecule has 0 radical (unpaired) electrons. The third-order valence-corrected chi connectivity index (χ3v) is 4.52. The van der Waals surface area contributed by atoms with Gasteiger partial charge in [-0.25, -0.2) is 0 Å². The highest BCUT2D eigenvalue weighted by atomic mass is 16.3. The summed E-state index contributed by atoms with van der Waals surface area (Å²) >= 11 is 0. The first-order chi connectivity index (χ1) is 11.0. The Morgan fingerprint density at radius 1 is 1.17 bits per heavy atom. The number of hydrogen-bond donors (Lipinski definition) is 2.